The van der Waals surface area contributed by atoms with Crippen LogP contribution in [-0.4, -0.2) is 47.0 Å². The lowest BCUT2D eigenvalue weighted by atomic mass is 10.1. The number of carboxylic acids is 1. The molecule has 0 aliphatic carbocycles. The second-order valence-corrected chi connectivity index (χ2v) is 8.41. The average molecular weight is 501 g/mol. The zero-order valence-corrected chi connectivity index (χ0v) is 19.7. The summed E-state index contributed by atoms with van der Waals surface area (Å²) in [6, 6.07) is 13.7. The van der Waals surface area contributed by atoms with E-state index in [1.165, 1.54) is 0 Å². The van der Waals surface area contributed by atoms with Crippen LogP contribution in [-0.2, 0) is 25.5 Å². The molecule has 1 fully saturated rings. The summed E-state index contributed by atoms with van der Waals surface area (Å²) in [4.78, 5) is 36.1. The van der Waals surface area contributed by atoms with Crippen molar-refractivity contribution in [2.45, 2.75) is 37.7 Å². The predicted octanol–water partition coefficient (Wildman–Crippen LogP) is 5.14. The molecule has 0 saturated carbocycles. The number of carboxylic acid groups (broad SMARTS) is 1. The Labute approximate surface area is 202 Å². The van der Waals surface area contributed by atoms with Gasteiger partial charge in [-0.2, -0.15) is 0 Å². The minimum Gasteiger partial charge on any atom is -0.481 e. The summed E-state index contributed by atoms with van der Waals surface area (Å²) < 4.78 is 5.18. The van der Waals surface area contributed by atoms with Gasteiger partial charge in [-0.05, 0) is 43.0 Å². The van der Waals surface area contributed by atoms with Crippen molar-refractivity contribution in [2.24, 2.45) is 0 Å². The van der Waals surface area contributed by atoms with Gasteiger partial charge in [0.25, 0.3) is 5.91 Å². The number of hydrogen-bond acceptors (Lipinski definition) is 4. The first-order valence-electron chi connectivity index (χ1n) is 10.0. The SMILES string of the molecule is C[C@@H](OC(=O)C(Cl)c1ccccc1Cl)C(=O)N1CCCC1.O=C(O)Cc1ccccc1Cl. The van der Waals surface area contributed by atoms with Crippen LogP contribution in [0, 0.1) is 0 Å². The van der Waals surface area contributed by atoms with Crippen molar-refractivity contribution in [2.75, 3.05) is 13.1 Å². The minimum atomic E-state index is -1.02. The quantitative estimate of drug-likeness (QED) is 0.438. The van der Waals surface area contributed by atoms with Crippen molar-refractivity contribution in [1.29, 1.82) is 0 Å². The summed E-state index contributed by atoms with van der Waals surface area (Å²) in [5, 5.41) is 8.32. The maximum atomic E-state index is 12.1. The maximum absolute atomic E-state index is 12.1. The van der Waals surface area contributed by atoms with Crippen LogP contribution in [0.25, 0.3) is 0 Å². The Morgan fingerprint density at radius 3 is 2.12 bits per heavy atom. The first-order chi connectivity index (χ1) is 15.2. The van der Waals surface area contributed by atoms with E-state index < -0.39 is 23.4 Å². The van der Waals surface area contributed by atoms with Crippen molar-refractivity contribution in [3.63, 3.8) is 0 Å². The van der Waals surface area contributed by atoms with E-state index in [1.54, 1.807) is 60.4 Å². The molecule has 9 heteroatoms. The summed E-state index contributed by atoms with van der Waals surface area (Å²) in [5.74, 6) is -1.70. The van der Waals surface area contributed by atoms with Gasteiger partial charge in [-0.3, -0.25) is 14.4 Å². The topological polar surface area (TPSA) is 83.9 Å². The number of halogens is 3. The van der Waals surface area contributed by atoms with Gasteiger partial charge in [0.15, 0.2) is 11.5 Å². The van der Waals surface area contributed by atoms with E-state index in [-0.39, 0.29) is 12.3 Å². The van der Waals surface area contributed by atoms with Gasteiger partial charge in [0, 0.05) is 23.1 Å². The highest BCUT2D eigenvalue weighted by Gasteiger charge is 2.29. The van der Waals surface area contributed by atoms with Gasteiger partial charge >= 0.3 is 11.9 Å². The molecule has 1 saturated heterocycles. The third-order valence-corrected chi connectivity index (χ3v) is 5.87. The van der Waals surface area contributed by atoms with E-state index >= 15 is 0 Å². The van der Waals surface area contributed by atoms with E-state index in [0.717, 1.165) is 25.9 Å². The number of carbonyl (C=O) groups excluding carboxylic acids is 2. The van der Waals surface area contributed by atoms with Gasteiger partial charge in [-0.25, -0.2) is 0 Å². The summed E-state index contributed by atoms with van der Waals surface area (Å²) in [5.41, 5.74) is 1.13. The van der Waals surface area contributed by atoms with Crippen LogP contribution in [0.3, 0.4) is 0 Å². The molecule has 32 heavy (non-hydrogen) atoms. The third-order valence-electron chi connectivity index (χ3n) is 4.74. The molecule has 1 aliphatic heterocycles. The summed E-state index contributed by atoms with van der Waals surface area (Å²) in [7, 11) is 0. The van der Waals surface area contributed by atoms with Crippen LogP contribution in [0.5, 0.6) is 0 Å². The van der Waals surface area contributed by atoms with Crippen molar-refractivity contribution in [3.05, 3.63) is 69.7 Å². The second-order valence-electron chi connectivity index (χ2n) is 7.16. The van der Waals surface area contributed by atoms with Gasteiger partial charge in [-0.15, -0.1) is 11.6 Å². The number of rotatable bonds is 6. The zero-order chi connectivity index (χ0) is 23.7. The lowest BCUT2D eigenvalue weighted by molar-refractivity contribution is -0.158. The molecular formula is C23H24Cl3NO5. The Bertz CT molecular complexity index is 947. The minimum absolute atomic E-state index is 0.0142. The van der Waals surface area contributed by atoms with E-state index in [4.69, 9.17) is 44.6 Å². The number of likely N-dealkylation sites (tertiary alicyclic amines) is 1. The van der Waals surface area contributed by atoms with E-state index in [0.29, 0.717) is 21.2 Å². The molecule has 0 aromatic heterocycles. The molecule has 2 atom stereocenters. The first kappa shape index (κ1) is 26.0. The van der Waals surface area contributed by atoms with Gasteiger partial charge < -0.3 is 14.7 Å². The van der Waals surface area contributed by atoms with Crippen LogP contribution >= 0.6 is 34.8 Å². The van der Waals surface area contributed by atoms with Crippen molar-refractivity contribution in [3.8, 4) is 0 Å². The average Bonchev–Trinajstić information content (AvgIpc) is 3.29. The Morgan fingerprint density at radius 2 is 1.56 bits per heavy atom. The standard InChI is InChI=1S/C15H17Cl2NO3.C8H7ClO2/c1-10(14(19)18-8-4-5-9-18)21-15(20)13(17)11-6-2-3-7-12(11)16;9-7-4-2-1-3-6(7)5-8(10)11/h2-3,6-7,10,13H,4-5,8-9H2,1H3;1-4H,5H2,(H,10,11)/t10-,13?;/m1./s1. The van der Waals surface area contributed by atoms with Crippen LogP contribution in [0.15, 0.2) is 48.5 Å². The van der Waals surface area contributed by atoms with Crippen molar-refractivity contribution < 1.29 is 24.2 Å². The fourth-order valence-electron chi connectivity index (χ4n) is 3.09. The molecule has 0 radical (unpaired) electrons. The highest BCUT2D eigenvalue weighted by Crippen LogP contribution is 2.29. The van der Waals surface area contributed by atoms with E-state index in [1.807, 2.05) is 0 Å². The Kier molecular flexibility index (Phi) is 10.3. The lowest BCUT2D eigenvalue weighted by Gasteiger charge is -2.21. The van der Waals surface area contributed by atoms with Crippen molar-refractivity contribution in [1.82, 2.24) is 4.90 Å². The number of aliphatic carboxylic acids is 1. The first-order valence-corrected chi connectivity index (χ1v) is 11.2. The molecule has 1 heterocycles. The number of amides is 1. The highest BCUT2D eigenvalue weighted by molar-refractivity contribution is 6.35. The fourth-order valence-corrected chi connectivity index (χ4v) is 3.84. The zero-order valence-electron chi connectivity index (χ0n) is 17.5. The molecule has 1 N–H and O–H groups in total. The molecule has 1 aliphatic rings. The Morgan fingerprint density at radius 1 is 1.00 bits per heavy atom. The maximum Gasteiger partial charge on any atom is 0.329 e. The fraction of sp³-hybridized carbons (Fsp3) is 0.348. The van der Waals surface area contributed by atoms with Crippen LogP contribution in [0.2, 0.25) is 10.0 Å². The molecular weight excluding hydrogens is 477 g/mol. The van der Waals surface area contributed by atoms with E-state index in [9.17, 15) is 14.4 Å². The summed E-state index contributed by atoms with van der Waals surface area (Å²) in [6.45, 7) is 3.00. The number of esters is 1. The molecule has 0 bridgehead atoms. The Hall–Kier alpha value is -2.28. The smallest absolute Gasteiger partial charge is 0.329 e. The Balaban J connectivity index is 0.000000278. The normalized spacial score (nSPS) is 14.7. The van der Waals surface area contributed by atoms with Crippen LogP contribution in [0.1, 0.15) is 36.3 Å². The van der Waals surface area contributed by atoms with Gasteiger partial charge in [-0.1, -0.05) is 59.6 Å². The number of ether oxygens (including phenoxy) is 1. The highest BCUT2D eigenvalue weighted by atomic mass is 35.5. The molecule has 2 aromatic carbocycles. The largest absolute Gasteiger partial charge is 0.481 e. The molecule has 0 spiro atoms. The van der Waals surface area contributed by atoms with Gasteiger partial charge in [0.05, 0.1) is 6.42 Å². The van der Waals surface area contributed by atoms with Crippen LogP contribution < -0.4 is 0 Å². The molecule has 1 amide bonds. The second kappa shape index (κ2) is 12.7. The number of benzene rings is 2. The summed E-state index contributed by atoms with van der Waals surface area (Å²) in [6.07, 6.45) is 1.13. The summed E-state index contributed by atoms with van der Waals surface area (Å²) >= 11 is 17.8. The number of alkyl halides is 1. The van der Waals surface area contributed by atoms with Gasteiger partial charge in [0.1, 0.15) is 0 Å². The molecule has 1 unspecified atom stereocenters. The van der Waals surface area contributed by atoms with Gasteiger partial charge in [0.2, 0.25) is 0 Å². The molecule has 6 nitrogen and oxygen atoms in total. The molecule has 3 rings (SSSR count). The number of nitrogens with zero attached hydrogens (tertiary/aromatic N) is 1. The lowest BCUT2D eigenvalue weighted by Crippen LogP contribution is -2.38. The van der Waals surface area contributed by atoms with Crippen molar-refractivity contribution >= 4 is 52.6 Å². The molecule has 172 valence electrons. The number of hydrogen-bond donors (Lipinski definition) is 1. The monoisotopic (exact) mass is 499 g/mol. The number of carbonyl (C=O) groups is 3. The molecule has 2 aromatic rings. The third kappa shape index (κ3) is 7.69. The van der Waals surface area contributed by atoms with Crippen LogP contribution in [0.4, 0.5) is 0 Å². The van der Waals surface area contributed by atoms with E-state index in [2.05, 4.69) is 0 Å². The predicted molar refractivity (Wildman–Crippen MR) is 124 cm³/mol.